The lowest BCUT2D eigenvalue weighted by atomic mass is 10.3. The molecule has 0 aliphatic carbocycles. The molecule has 0 aliphatic rings. The molecule has 1 aromatic carbocycles. The van der Waals surface area contributed by atoms with Crippen LogP contribution in [0.2, 0.25) is 5.02 Å². The van der Waals surface area contributed by atoms with Crippen LogP contribution in [0, 0.1) is 0 Å². The van der Waals surface area contributed by atoms with Crippen molar-refractivity contribution in [3.8, 4) is 11.6 Å². The average molecular weight is 268 g/mol. The molecule has 2 aromatic rings. The first-order chi connectivity index (χ1) is 8.19. The summed E-state index contributed by atoms with van der Waals surface area (Å²) in [5, 5.41) is 1.12. The van der Waals surface area contributed by atoms with Crippen molar-refractivity contribution in [1.29, 1.82) is 0 Å². The number of ether oxygens (including phenoxy) is 1. The highest BCUT2D eigenvalue weighted by Gasteiger charge is 2.03. The van der Waals surface area contributed by atoms with Gasteiger partial charge < -0.3 is 10.5 Å². The van der Waals surface area contributed by atoms with Gasteiger partial charge in [-0.1, -0.05) is 23.4 Å². The first-order valence-corrected chi connectivity index (χ1v) is 6.39. The Morgan fingerprint density at radius 3 is 2.88 bits per heavy atom. The first-order valence-electron chi connectivity index (χ1n) is 4.79. The number of nitrogens with two attached hydrogens (primary N) is 1. The molecule has 0 bridgehead atoms. The Hall–Kier alpha value is -1.46. The molecule has 0 aliphatic heterocycles. The molecule has 6 heteroatoms. The second-order valence-electron chi connectivity index (χ2n) is 3.17. The molecular formula is C11H10ClN3OS. The van der Waals surface area contributed by atoms with Gasteiger partial charge in [0.1, 0.15) is 5.75 Å². The van der Waals surface area contributed by atoms with E-state index in [4.69, 9.17) is 22.1 Å². The molecule has 0 saturated heterocycles. The van der Waals surface area contributed by atoms with Crippen molar-refractivity contribution in [3.63, 3.8) is 0 Å². The number of benzene rings is 1. The van der Waals surface area contributed by atoms with Gasteiger partial charge in [0.2, 0.25) is 5.88 Å². The van der Waals surface area contributed by atoms with E-state index in [1.54, 1.807) is 30.5 Å². The molecule has 2 N–H and O–H groups in total. The molecule has 0 unspecified atom stereocenters. The summed E-state index contributed by atoms with van der Waals surface area (Å²) in [4.78, 5) is 8.25. The molecule has 1 aromatic heterocycles. The lowest BCUT2D eigenvalue weighted by Crippen LogP contribution is -1.92. The molecule has 0 radical (unpaired) electrons. The Balaban J connectivity index is 2.22. The van der Waals surface area contributed by atoms with E-state index < -0.39 is 0 Å². The van der Waals surface area contributed by atoms with E-state index in [0.717, 1.165) is 0 Å². The summed E-state index contributed by atoms with van der Waals surface area (Å²) in [6.45, 7) is 0. The maximum atomic E-state index is 5.90. The Morgan fingerprint density at radius 1 is 1.35 bits per heavy atom. The molecule has 0 amide bonds. The third-order valence-electron chi connectivity index (χ3n) is 1.98. The van der Waals surface area contributed by atoms with Crippen LogP contribution in [0.3, 0.4) is 0 Å². The molecule has 0 saturated carbocycles. The molecule has 88 valence electrons. The number of thioether (sulfide) groups is 1. The number of aromatic nitrogens is 2. The topological polar surface area (TPSA) is 61.0 Å². The van der Waals surface area contributed by atoms with Gasteiger partial charge in [0.05, 0.1) is 10.7 Å². The Labute approximate surface area is 108 Å². The maximum Gasteiger partial charge on any atom is 0.223 e. The van der Waals surface area contributed by atoms with Crippen molar-refractivity contribution in [2.45, 2.75) is 5.16 Å². The van der Waals surface area contributed by atoms with Crippen LogP contribution in [-0.2, 0) is 0 Å². The Kier molecular flexibility index (Phi) is 3.71. The monoisotopic (exact) mass is 267 g/mol. The van der Waals surface area contributed by atoms with Crippen molar-refractivity contribution < 1.29 is 4.74 Å². The fourth-order valence-corrected chi connectivity index (χ4v) is 1.69. The van der Waals surface area contributed by atoms with Crippen molar-refractivity contribution >= 4 is 29.1 Å². The zero-order chi connectivity index (χ0) is 12.3. The largest absolute Gasteiger partial charge is 0.439 e. The Morgan fingerprint density at radius 2 is 2.18 bits per heavy atom. The van der Waals surface area contributed by atoms with Crippen molar-refractivity contribution in [3.05, 3.63) is 35.5 Å². The average Bonchev–Trinajstić information content (AvgIpc) is 2.34. The number of nitrogens with zero attached hydrogens (tertiary/aromatic N) is 2. The van der Waals surface area contributed by atoms with Crippen molar-refractivity contribution in [2.75, 3.05) is 12.0 Å². The second kappa shape index (κ2) is 5.25. The van der Waals surface area contributed by atoms with Crippen LogP contribution in [0.25, 0.3) is 0 Å². The van der Waals surface area contributed by atoms with Crippen LogP contribution in [0.5, 0.6) is 11.6 Å². The summed E-state index contributed by atoms with van der Waals surface area (Å²) >= 11 is 7.35. The van der Waals surface area contributed by atoms with E-state index in [1.165, 1.54) is 11.8 Å². The molecular weight excluding hydrogens is 258 g/mol. The van der Waals surface area contributed by atoms with E-state index in [1.807, 2.05) is 6.26 Å². The minimum atomic E-state index is 0.460. The standard InChI is InChI=1S/C11H10ClN3OS/c1-17-11-14-5-4-10(15-11)16-7-2-3-9(13)8(12)6-7/h2-6H,13H2,1H3. The van der Waals surface area contributed by atoms with Crippen LogP contribution in [0.1, 0.15) is 0 Å². The summed E-state index contributed by atoms with van der Waals surface area (Å²) in [5.74, 6) is 1.07. The van der Waals surface area contributed by atoms with Gasteiger partial charge in [-0.3, -0.25) is 0 Å². The van der Waals surface area contributed by atoms with Gasteiger partial charge in [-0.25, -0.2) is 4.98 Å². The number of anilines is 1. The normalized spacial score (nSPS) is 10.2. The van der Waals surface area contributed by atoms with Crippen LogP contribution >= 0.6 is 23.4 Å². The molecule has 0 spiro atoms. The zero-order valence-corrected chi connectivity index (χ0v) is 10.6. The maximum absolute atomic E-state index is 5.90. The van der Waals surface area contributed by atoms with E-state index in [0.29, 0.717) is 27.5 Å². The molecule has 0 fully saturated rings. The SMILES string of the molecule is CSc1nccc(Oc2ccc(N)c(Cl)c2)n1. The lowest BCUT2D eigenvalue weighted by molar-refractivity contribution is 0.455. The van der Waals surface area contributed by atoms with Crippen LogP contribution in [-0.4, -0.2) is 16.2 Å². The highest BCUT2D eigenvalue weighted by atomic mass is 35.5. The summed E-state index contributed by atoms with van der Waals surface area (Å²) in [7, 11) is 0. The second-order valence-corrected chi connectivity index (χ2v) is 4.35. The van der Waals surface area contributed by atoms with E-state index in [2.05, 4.69) is 9.97 Å². The predicted molar refractivity (Wildman–Crippen MR) is 69.8 cm³/mol. The van der Waals surface area contributed by atoms with Crippen LogP contribution in [0.4, 0.5) is 5.69 Å². The van der Waals surface area contributed by atoms with Gasteiger partial charge in [-0.15, -0.1) is 0 Å². The summed E-state index contributed by atoms with van der Waals surface area (Å²) in [6, 6.07) is 6.76. The first kappa shape index (κ1) is 12.0. The van der Waals surface area contributed by atoms with Crippen LogP contribution < -0.4 is 10.5 Å². The minimum Gasteiger partial charge on any atom is -0.439 e. The lowest BCUT2D eigenvalue weighted by Gasteiger charge is -2.06. The number of halogens is 1. The Bertz CT molecular complexity index is 536. The zero-order valence-electron chi connectivity index (χ0n) is 9.05. The van der Waals surface area contributed by atoms with Gasteiger partial charge in [0.25, 0.3) is 0 Å². The summed E-state index contributed by atoms with van der Waals surface area (Å²) < 4.78 is 5.55. The number of rotatable bonds is 3. The summed E-state index contributed by atoms with van der Waals surface area (Å²) in [6.07, 6.45) is 3.55. The van der Waals surface area contributed by atoms with Gasteiger partial charge in [-0.2, -0.15) is 4.98 Å². The molecule has 0 atom stereocenters. The summed E-state index contributed by atoms with van der Waals surface area (Å²) in [5.41, 5.74) is 6.13. The smallest absolute Gasteiger partial charge is 0.223 e. The minimum absolute atomic E-state index is 0.460. The van der Waals surface area contributed by atoms with E-state index >= 15 is 0 Å². The van der Waals surface area contributed by atoms with Gasteiger partial charge in [0.15, 0.2) is 5.16 Å². The third-order valence-corrected chi connectivity index (χ3v) is 2.87. The quantitative estimate of drug-likeness (QED) is 0.526. The van der Waals surface area contributed by atoms with E-state index in [9.17, 15) is 0 Å². The van der Waals surface area contributed by atoms with Gasteiger partial charge in [0, 0.05) is 18.3 Å². The van der Waals surface area contributed by atoms with E-state index in [-0.39, 0.29) is 0 Å². The van der Waals surface area contributed by atoms with Crippen molar-refractivity contribution in [2.24, 2.45) is 0 Å². The van der Waals surface area contributed by atoms with Gasteiger partial charge in [-0.05, 0) is 18.4 Å². The highest BCUT2D eigenvalue weighted by molar-refractivity contribution is 7.98. The molecule has 2 rings (SSSR count). The highest BCUT2D eigenvalue weighted by Crippen LogP contribution is 2.27. The fraction of sp³-hybridized carbons (Fsp3) is 0.0909. The molecule has 1 heterocycles. The van der Waals surface area contributed by atoms with Gasteiger partial charge >= 0.3 is 0 Å². The predicted octanol–water partition coefficient (Wildman–Crippen LogP) is 3.23. The fourth-order valence-electron chi connectivity index (χ4n) is 1.17. The number of nitrogen functional groups attached to an aromatic ring is 1. The molecule has 17 heavy (non-hydrogen) atoms. The van der Waals surface area contributed by atoms with Crippen molar-refractivity contribution in [1.82, 2.24) is 9.97 Å². The number of hydrogen-bond donors (Lipinski definition) is 1. The van der Waals surface area contributed by atoms with Crippen LogP contribution in [0.15, 0.2) is 35.6 Å². The molecule has 4 nitrogen and oxygen atoms in total. The third kappa shape index (κ3) is 3.01. The number of hydrogen-bond acceptors (Lipinski definition) is 5.